The van der Waals surface area contributed by atoms with Crippen LogP contribution < -0.4 is 10.6 Å². The molecule has 0 heterocycles. The maximum atomic E-state index is 13.3. The summed E-state index contributed by atoms with van der Waals surface area (Å²) in [7, 11) is 0. The third-order valence-corrected chi connectivity index (χ3v) is 7.85. The average molecular weight is 543 g/mol. The highest BCUT2D eigenvalue weighted by atomic mass is 16.5. The van der Waals surface area contributed by atoms with Crippen LogP contribution in [0.3, 0.4) is 0 Å². The van der Waals surface area contributed by atoms with Gasteiger partial charge in [-0.25, -0.2) is 4.79 Å². The van der Waals surface area contributed by atoms with E-state index in [2.05, 4.69) is 22.8 Å². The van der Waals surface area contributed by atoms with E-state index in [1.165, 1.54) is 0 Å². The number of hydrogen-bond donors (Lipinski definition) is 3. The number of carbonyl (C=O) groups excluding carboxylic acids is 2. The van der Waals surface area contributed by atoms with Crippen molar-refractivity contribution in [3.8, 4) is 11.1 Å². The number of amides is 2. The number of alkyl carbamates (subject to hydrolysis) is 1. The van der Waals surface area contributed by atoms with Gasteiger partial charge in [-0.2, -0.15) is 0 Å². The van der Waals surface area contributed by atoms with Crippen LogP contribution in [0, 0.1) is 5.92 Å². The summed E-state index contributed by atoms with van der Waals surface area (Å²) in [6.07, 6.45) is 0.0481. The molecule has 3 N–H and O–H groups in total. The Balaban J connectivity index is 1.25. The van der Waals surface area contributed by atoms with Gasteiger partial charge in [0.25, 0.3) is 0 Å². The van der Waals surface area contributed by atoms with Crippen LogP contribution in [-0.2, 0) is 25.7 Å². The van der Waals surface area contributed by atoms with Gasteiger partial charge in [0.1, 0.15) is 12.6 Å². The van der Waals surface area contributed by atoms with Gasteiger partial charge in [-0.15, -0.1) is 0 Å². The summed E-state index contributed by atoms with van der Waals surface area (Å²) in [6, 6.07) is 24.4. The van der Waals surface area contributed by atoms with Crippen molar-refractivity contribution in [2.75, 3.05) is 6.61 Å². The first-order valence-corrected chi connectivity index (χ1v) is 13.7. The molecule has 0 aliphatic heterocycles. The predicted molar refractivity (Wildman–Crippen MR) is 150 cm³/mol. The van der Waals surface area contributed by atoms with Gasteiger partial charge in [0, 0.05) is 12.0 Å². The molecule has 0 radical (unpaired) electrons. The van der Waals surface area contributed by atoms with Crippen molar-refractivity contribution >= 4 is 18.0 Å². The average Bonchev–Trinajstić information content (AvgIpc) is 3.57. The second-order valence-corrected chi connectivity index (χ2v) is 10.5. The number of fused-ring (bicyclic) bond motifs is 3. The van der Waals surface area contributed by atoms with Crippen LogP contribution in [0.4, 0.5) is 4.79 Å². The van der Waals surface area contributed by atoms with Crippen LogP contribution in [0.25, 0.3) is 11.1 Å². The largest absolute Gasteiger partial charge is 0.481 e. The topological polar surface area (TPSA) is 114 Å². The number of nitrogens with one attached hydrogen (secondary N) is 2. The quantitative estimate of drug-likeness (QED) is 0.337. The van der Waals surface area contributed by atoms with Gasteiger partial charge in [0.2, 0.25) is 5.91 Å². The summed E-state index contributed by atoms with van der Waals surface area (Å²) in [5.41, 5.74) is 5.39. The molecule has 2 amide bonds. The van der Waals surface area contributed by atoms with E-state index in [0.29, 0.717) is 19.3 Å². The van der Waals surface area contributed by atoms with Crippen molar-refractivity contribution in [3.05, 3.63) is 95.6 Å². The molecule has 3 aromatic rings. The monoisotopic (exact) mass is 542 g/mol. The molecule has 1 fully saturated rings. The first kappa shape index (κ1) is 27.4. The van der Waals surface area contributed by atoms with E-state index in [0.717, 1.165) is 27.8 Å². The van der Waals surface area contributed by atoms with E-state index in [1.54, 1.807) is 6.92 Å². The zero-order valence-electron chi connectivity index (χ0n) is 22.4. The molecule has 2 unspecified atom stereocenters. The van der Waals surface area contributed by atoms with Crippen molar-refractivity contribution in [3.63, 3.8) is 0 Å². The molecule has 8 nitrogen and oxygen atoms in total. The zero-order valence-corrected chi connectivity index (χ0v) is 22.4. The highest BCUT2D eigenvalue weighted by Gasteiger charge is 2.35. The number of carbonyl (C=O) groups is 3. The van der Waals surface area contributed by atoms with Crippen molar-refractivity contribution < 1.29 is 29.0 Å². The molecular formula is C32H34N2O6. The number of benzene rings is 3. The Morgan fingerprint density at radius 3 is 2.15 bits per heavy atom. The molecule has 0 saturated heterocycles. The minimum absolute atomic E-state index is 0.108. The van der Waals surface area contributed by atoms with E-state index in [9.17, 15) is 19.5 Å². The fourth-order valence-electron chi connectivity index (χ4n) is 5.69. The van der Waals surface area contributed by atoms with Gasteiger partial charge < -0.3 is 25.2 Å². The SMILES string of the molecule is CC(OCc1ccccc1)C(NC(=O)OCC1c2ccccc2-c2ccccc21)C(=O)N[C@H]1CC[C@@H](C(=O)O)C1. The minimum Gasteiger partial charge on any atom is -0.481 e. The first-order chi connectivity index (χ1) is 19.4. The maximum absolute atomic E-state index is 13.3. The van der Waals surface area contributed by atoms with Gasteiger partial charge in [0.15, 0.2) is 0 Å². The second-order valence-electron chi connectivity index (χ2n) is 10.5. The molecule has 2 aliphatic carbocycles. The summed E-state index contributed by atoms with van der Waals surface area (Å²) >= 11 is 0. The summed E-state index contributed by atoms with van der Waals surface area (Å²) in [6.45, 7) is 2.12. The zero-order chi connectivity index (χ0) is 28.1. The molecule has 0 bridgehead atoms. The third-order valence-electron chi connectivity index (χ3n) is 7.85. The van der Waals surface area contributed by atoms with Crippen molar-refractivity contribution in [1.82, 2.24) is 10.6 Å². The van der Waals surface area contributed by atoms with Crippen molar-refractivity contribution in [2.24, 2.45) is 5.92 Å². The fraction of sp³-hybridized carbons (Fsp3) is 0.344. The molecule has 1 saturated carbocycles. The number of rotatable bonds is 10. The number of ether oxygens (including phenoxy) is 2. The van der Waals surface area contributed by atoms with Crippen molar-refractivity contribution in [2.45, 2.75) is 56.9 Å². The van der Waals surface area contributed by atoms with Gasteiger partial charge in [-0.3, -0.25) is 9.59 Å². The molecule has 0 aromatic heterocycles. The lowest BCUT2D eigenvalue weighted by Gasteiger charge is -2.26. The second kappa shape index (κ2) is 12.3. The van der Waals surface area contributed by atoms with Crippen LogP contribution in [0.5, 0.6) is 0 Å². The van der Waals surface area contributed by atoms with Crippen LogP contribution in [-0.4, -0.2) is 47.9 Å². The molecule has 2 aliphatic rings. The fourth-order valence-corrected chi connectivity index (χ4v) is 5.69. The summed E-state index contributed by atoms with van der Waals surface area (Å²) < 4.78 is 11.7. The lowest BCUT2D eigenvalue weighted by atomic mass is 9.98. The smallest absolute Gasteiger partial charge is 0.407 e. The minimum atomic E-state index is -1.02. The lowest BCUT2D eigenvalue weighted by molar-refractivity contribution is -0.141. The van der Waals surface area contributed by atoms with Crippen LogP contribution in [0.1, 0.15) is 48.8 Å². The number of hydrogen-bond acceptors (Lipinski definition) is 5. The third kappa shape index (κ3) is 6.18. The van der Waals surface area contributed by atoms with Crippen LogP contribution >= 0.6 is 0 Å². The predicted octanol–water partition coefficient (Wildman–Crippen LogP) is 4.87. The Morgan fingerprint density at radius 2 is 1.52 bits per heavy atom. The summed E-state index contributed by atoms with van der Waals surface area (Å²) in [5, 5.41) is 15.0. The van der Waals surface area contributed by atoms with E-state index in [4.69, 9.17) is 9.47 Å². The Morgan fingerprint density at radius 1 is 0.900 bits per heavy atom. The summed E-state index contributed by atoms with van der Waals surface area (Å²) in [5.74, 6) is -1.87. The van der Waals surface area contributed by atoms with Gasteiger partial charge in [-0.1, -0.05) is 78.9 Å². The highest BCUT2D eigenvalue weighted by molar-refractivity contribution is 5.86. The normalized spacial score (nSPS) is 19.2. The molecule has 5 rings (SSSR count). The van der Waals surface area contributed by atoms with Gasteiger partial charge in [-0.05, 0) is 54.0 Å². The van der Waals surface area contributed by atoms with E-state index in [-0.39, 0.29) is 25.2 Å². The van der Waals surface area contributed by atoms with Gasteiger partial charge in [0.05, 0.1) is 18.6 Å². The molecule has 4 atom stereocenters. The molecule has 3 aromatic carbocycles. The molecule has 40 heavy (non-hydrogen) atoms. The Hall–Kier alpha value is -4.17. The molecule has 0 spiro atoms. The number of aliphatic carboxylic acids is 1. The molecule has 208 valence electrons. The number of carboxylic acids is 1. The highest BCUT2D eigenvalue weighted by Crippen LogP contribution is 2.44. The Kier molecular flexibility index (Phi) is 8.45. The van der Waals surface area contributed by atoms with Crippen molar-refractivity contribution in [1.29, 1.82) is 0 Å². The standard InChI is InChI=1S/C32H34N2O6/c1-20(39-18-21-9-3-2-4-10-21)29(30(35)33-23-16-15-22(17-23)31(36)37)34-32(38)40-19-28-26-13-7-5-11-24(26)25-12-6-8-14-27(25)28/h2-14,20,22-23,28-29H,15-19H2,1H3,(H,33,35)(H,34,38)(H,36,37)/t20?,22-,23+,29?/m1/s1. The first-order valence-electron chi connectivity index (χ1n) is 13.7. The number of carboxylic acid groups (broad SMARTS) is 1. The van der Waals surface area contributed by atoms with Crippen LogP contribution in [0.2, 0.25) is 0 Å². The van der Waals surface area contributed by atoms with Gasteiger partial charge >= 0.3 is 12.1 Å². The molecule has 8 heteroatoms. The lowest BCUT2D eigenvalue weighted by Crippen LogP contribution is -2.55. The van der Waals surface area contributed by atoms with E-state index in [1.807, 2.05) is 66.7 Å². The molecular weight excluding hydrogens is 508 g/mol. The Labute approximate surface area is 233 Å². The summed E-state index contributed by atoms with van der Waals surface area (Å²) in [4.78, 5) is 37.8. The van der Waals surface area contributed by atoms with E-state index < -0.39 is 36.0 Å². The Bertz CT molecular complexity index is 1310. The maximum Gasteiger partial charge on any atom is 0.407 e. The van der Waals surface area contributed by atoms with Crippen LogP contribution in [0.15, 0.2) is 78.9 Å². The van der Waals surface area contributed by atoms with E-state index >= 15 is 0 Å².